The Labute approximate surface area is 352 Å². The SMILES string of the molecule is C=CC1CC1(NC(=O)[C@@H]1C[C@@H](NC(=O)c2cc(-c3ccccc3)nc3ccccc23)CN1C(=O)[C@@H](CC(=O)N1CCC(C(F)(F)F)CC1)C(C)(C)C)C(=O)NS(=O)(=O)C1CC1. The van der Waals surface area contributed by atoms with E-state index in [1.807, 2.05) is 36.4 Å². The molecule has 4 aliphatic rings. The van der Waals surface area contributed by atoms with Gasteiger partial charge in [-0.1, -0.05) is 75.4 Å². The van der Waals surface area contributed by atoms with E-state index in [9.17, 15) is 45.6 Å². The zero-order chi connectivity index (χ0) is 44.1. The molecule has 7 rings (SSSR count). The number of hydrogen-bond acceptors (Lipinski definition) is 8. The molecule has 0 radical (unpaired) electrons. The highest BCUT2D eigenvalue weighted by Gasteiger charge is 2.62. The smallest absolute Gasteiger partial charge is 0.347 e. The van der Waals surface area contributed by atoms with Crippen molar-refractivity contribution in [3.8, 4) is 11.3 Å². The number of sulfonamides is 1. The van der Waals surface area contributed by atoms with Crippen molar-refractivity contribution >= 4 is 50.5 Å². The van der Waals surface area contributed by atoms with Crippen LogP contribution in [-0.4, -0.2) is 101 Å². The van der Waals surface area contributed by atoms with Crippen LogP contribution in [0.25, 0.3) is 22.2 Å². The second-order valence-electron chi connectivity index (χ2n) is 17.9. The van der Waals surface area contributed by atoms with E-state index in [0.717, 1.165) is 5.56 Å². The van der Waals surface area contributed by atoms with Gasteiger partial charge in [0.1, 0.15) is 11.6 Å². The number of nitrogens with one attached hydrogen (secondary N) is 3. The molecule has 17 heteroatoms. The lowest BCUT2D eigenvalue weighted by Crippen LogP contribution is -2.57. The lowest BCUT2D eigenvalue weighted by atomic mass is 9.77. The molecule has 5 atom stereocenters. The summed E-state index contributed by atoms with van der Waals surface area (Å²) >= 11 is 0. The van der Waals surface area contributed by atoms with Crippen molar-refractivity contribution in [1.29, 1.82) is 0 Å². The van der Waals surface area contributed by atoms with Gasteiger partial charge in [-0.3, -0.25) is 28.7 Å². The fraction of sp³-hybridized carbons (Fsp3) is 0.500. The van der Waals surface area contributed by atoms with Gasteiger partial charge in [0.05, 0.1) is 33.9 Å². The summed E-state index contributed by atoms with van der Waals surface area (Å²) in [4.78, 5) is 78.2. The molecule has 3 N–H and O–H groups in total. The highest BCUT2D eigenvalue weighted by molar-refractivity contribution is 7.91. The zero-order valence-electron chi connectivity index (χ0n) is 34.3. The Morgan fingerprint density at radius 2 is 1.62 bits per heavy atom. The van der Waals surface area contributed by atoms with Gasteiger partial charge in [0, 0.05) is 49.0 Å². The van der Waals surface area contributed by atoms with Gasteiger partial charge < -0.3 is 20.4 Å². The number of alkyl halides is 3. The van der Waals surface area contributed by atoms with E-state index in [4.69, 9.17) is 4.98 Å². The molecule has 2 saturated carbocycles. The van der Waals surface area contributed by atoms with Crippen LogP contribution in [-0.2, 0) is 29.2 Å². The first-order valence-electron chi connectivity index (χ1n) is 20.6. The average molecular weight is 865 g/mol. The maximum atomic E-state index is 14.8. The number of aromatic nitrogens is 1. The molecule has 2 saturated heterocycles. The number of nitrogens with zero attached hydrogens (tertiary/aromatic N) is 3. The van der Waals surface area contributed by atoms with E-state index < -0.39 is 91.8 Å². The minimum absolute atomic E-state index is 0.0676. The van der Waals surface area contributed by atoms with Gasteiger partial charge in [-0.2, -0.15) is 13.2 Å². The van der Waals surface area contributed by atoms with Crippen molar-refractivity contribution in [2.24, 2.45) is 23.2 Å². The van der Waals surface area contributed by atoms with E-state index >= 15 is 0 Å². The number of carbonyl (C=O) groups excluding carboxylic acids is 5. The molecule has 0 spiro atoms. The summed E-state index contributed by atoms with van der Waals surface area (Å²) in [6, 6.07) is 16.1. The fourth-order valence-corrected chi connectivity index (χ4v) is 9.92. The number of pyridine rings is 1. The lowest BCUT2D eigenvalue weighted by Gasteiger charge is -2.37. The third kappa shape index (κ3) is 9.31. The minimum atomic E-state index is -4.37. The summed E-state index contributed by atoms with van der Waals surface area (Å²) in [6.45, 7) is 8.62. The normalized spacial score (nSPS) is 23.9. The van der Waals surface area contributed by atoms with Gasteiger partial charge >= 0.3 is 6.18 Å². The third-order valence-electron chi connectivity index (χ3n) is 12.5. The lowest BCUT2D eigenvalue weighted by molar-refractivity contribution is -0.186. The fourth-order valence-electron chi connectivity index (χ4n) is 8.56. The largest absolute Gasteiger partial charge is 0.391 e. The first-order valence-corrected chi connectivity index (χ1v) is 22.2. The number of rotatable bonds is 12. The molecular formula is C44H51F3N6O7S. The van der Waals surface area contributed by atoms with Gasteiger partial charge in [-0.25, -0.2) is 13.4 Å². The van der Waals surface area contributed by atoms with Crippen LogP contribution in [0.3, 0.4) is 0 Å². The van der Waals surface area contributed by atoms with Crippen molar-refractivity contribution in [1.82, 2.24) is 30.1 Å². The molecule has 1 aromatic heterocycles. The topological polar surface area (TPSA) is 175 Å². The molecule has 13 nitrogen and oxygen atoms in total. The van der Waals surface area contributed by atoms with Crippen molar-refractivity contribution in [3.63, 3.8) is 0 Å². The van der Waals surface area contributed by atoms with Crippen LogP contribution in [0, 0.1) is 23.2 Å². The molecule has 3 aromatic rings. The Bertz CT molecular complexity index is 2340. The number of piperidine rings is 1. The summed E-state index contributed by atoms with van der Waals surface area (Å²) in [6.07, 6.45) is -2.97. The highest BCUT2D eigenvalue weighted by Crippen LogP contribution is 2.46. The Balaban J connectivity index is 1.16. The predicted octanol–water partition coefficient (Wildman–Crippen LogP) is 5.12. The van der Waals surface area contributed by atoms with E-state index in [-0.39, 0.29) is 51.7 Å². The number of benzene rings is 2. The Hall–Kier alpha value is -5.32. The number of amides is 5. The van der Waals surface area contributed by atoms with Crippen LogP contribution < -0.4 is 15.4 Å². The van der Waals surface area contributed by atoms with Crippen molar-refractivity contribution in [3.05, 3.63) is 78.9 Å². The number of fused-ring (bicyclic) bond motifs is 1. The first kappa shape index (κ1) is 43.8. The van der Waals surface area contributed by atoms with Crippen LogP contribution in [0.4, 0.5) is 13.2 Å². The summed E-state index contributed by atoms with van der Waals surface area (Å²) < 4.78 is 67.9. The summed E-state index contributed by atoms with van der Waals surface area (Å²) in [5.74, 6) is -6.40. The minimum Gasteiger partial charge on any atom is -0.347 e. The Morgan fingerprint density at radius 1 is 0.967 bits per heavy atom. The number of halogens is 3. The Kier molecular flexibility index (Phi) is 11.8. The number of carbonyl (C=O) groups is 5. The standard InChI is InChI=1S/C44H51F3N6O7S/c1-5-27-24-43(27,41(58)51-61(59,60)30-15-16-30)50-39(56)36-21-29(48-38(55)32-22-35(26-11-7-6-8-12-26)49-34-14-10-9-13-31(32)34)25-53(36)40(57)33(42(2,3)4)23-37(54)52-19-17-28(18-20-52)44(45,46)47/h5-14,22,27-30,33,36H,1,15-21,23-25H2,2-4H3,(H,48,55)(H,50,56)(H,51,58)/t27?,29-,33-,36+,43?/m1/s1. The average Bonchev–Trinajstić information content (AvgIpc) is 4.15. The van der Waals surface area contributed by atoms with Gasteiger partial charge in [-0.15, -0.1) is 6.58 Å². The molecule has 0 bridgehead atoms. The molecule has 3 heterocycles. The second-order valence-corrected chi connectivity index (χ2v) is 19.8. The highest BCUT2D eigenvalue weighted by atomic mass is 32.2. The maximum absolute atomic E-state index is 14.8. The molecule has 5 amide bonds. The van der Waals surface area contributed by atoms with Gasteiger partial charge in [0.25, 0.3) is 11.8 Å². The number of para-hydroxylation sites is 1. The third-order valence-corrected chi connectivity index (χ3v) is 14.4. The second kappa shape index (κ2) is 16.5. The number of likely N-dealkylation sites (tertiary alicyclic amines) is 2. The Morgan fingerprint density at radius 3 is 2.23 bits per heavy atom. The molecule has 2 aliphatic heterocycles. The van der Waals surface area contributed by atoms with Crippen molar-refractivity contribution < 1.29 is 45.6 Å². The van der Waals surface area contributed by atoms with Crippen LogP contribution in [0.15, 0.2) is 73.3 Å². The van der Waals surface area contributed by atoms with Gasteiger partial charge in [-0.05, 0) is 56.1 Å². The first-order chi connectivity index (χ1) is 28.7. The molecule has 4 fully saturated rings. The zero-order valence-corrected chi connectivity index (χ0v) is 35.2. The molecule has 2 aromatic carbocycles. The molecule has 2 aliphatic carbocycles. The van der Waals surface area contributed by atoms with Crippen LogP contribution in [0.5, 0.6) is 0 Å². The van der Waals surface area contributed by atoms with E-state index in [1.165, 1.54) is 15.9 Å². The number of hydrogen-bond donors (Lipinski definition) is 3. The summed E-state index contributed by atoms with van der Waals surface area (Å²) in [5.41, 5.74) is -0.303. The monoisotopic (exact) mass is 864 g/mol. The van der Waals surface area contributed by atoms with Gasteiger partial charge in [0.2, 0.25) is 27.7 Å². The quantitative estimate of drug-likeness (QED) is 0.210. The predicted molar refractivity (Wildman–Crippen MR) is 221 cm³/mol. The van der Waals surface area contributed by atoms with Crippen LogP contribution in [0.1, 0.15) is 76.1 Å². The molecular weight excluding hydrogens is 814 g/mol. The maximum Gasteiger partial charge on any atom is 0.391 e. The summed E-state index contributed by atoms with van der Waals surface area (Å²) in [7, 11) is -3.98. The van der Waals surface area contributed by atoms with Crippen LogP contribution >= 0.6 is 0 Å². The van der Waals surface area contributed by atoms with E-state index in [2.05, 4.69) is 21.9 Å². The van der Waals surface area contributed by atoms with Crippen molar-refractivity contribution in [2.45, 2.75) is 94.8 Å². The molecule has 61 heavy (non-hydrogen) atoms. The van der Waals surface area contributed by atoms with Crippen LogP contribution in [0.2, 0.25) is 0 Å². The molecule has 2 unspecified atom stereocenters. The van der Waals surface area contributed by atoms with E-state index in [1.54, 1.807) is 45.0 Å². The van der Waals surface area contributed by atoms with E-state index in [0.29, 0.717) is 35.0 Å². The van der Waals surface area contributed by atoms with Crippen molar-refractivity contribution in [2.75, 3.05) is 19.6 Å². The molecule has 326 valence electrons. The summed E-state index contributed by atoms with van der Waals surface area (Å²) in [5, 5.41) is 5.63. The van der Waals surface area contributed by atoms with Gasteiger partial charge in [0.15, 0.2) is 0 Å².